The molecule has 1 atom stereocenters. The Hall–Kier alpha value is -2.77. The van der Waals surface area contributed by atoms with Crippen molar-refractivity contribution >= 4 is 15.7 Å². The van der Waals surface area contributed by atoms with E-state index in [0.717, 1.165) is 46.3 Å². The molecule has 1 aliphatic heterocycles. The Labute approximate surface area is 188 Å². The van der Waals surface area contributed by atoms with Gasteiger partial charge in [-0.15, -0.1) is 0 Å². The standard InChI is InChI=1S/C25H26F2N2O2S/c1-3-18-9-11-20(12-10-18)25(19-7-5-4-6-8-19)28-16-24(17-28)29(32(2,30)31)23-14-21(26)13-22(27)15-23/h4-15,24-25H,3,16-17H2,1-2H3. The Balaban J connectivity index is 1.63. The summed E-state index contributed by atoms with van der Waals surface area (Å²) in [5.41, 5.74) is 3.49. The number of aryl methyl sites for hydroxylation is 1. The number of hydrogen-bond acceptors (Lipinski definition) is 3. The highest BCUT2D eigenvalue weighted by Gasteiger charge is 2.40. The van der Waals surface area contributed by atoms with Crippen LogP contribution in [0, 0.1) is 11.6 Å². The van der Waals surface area contributed by atoms with Gasteiger partial charge in [-0.05, 0) is 35.2 Å². The van der Waals surface area contributed by atoms with Crippen LogP contribution in [0.3, 0.4) is 0 Å². The van der Waals surface area contributed by atoms with Gasteiger partial charge in [0.2, 0.25) is 10.0 Å². The summed E-state index contributed by atoms with van der Waals surface area (Å²) < 4.78 is 53.8. The molecule has 4 nitrogen and oxygen atoms in total. The monoisotopic (exact) mass is 456 g/mol. The third kappa shape index (κ3) is 4.69. The molecule has 1 fully saturated rings. The van der Waals surface area contributed by atoms with E-state index in [1.807, 2.05) is 18.2 Å². The van der Waals surface area contributed by atoms with Crippen molar-refractivity contribution < 1.29 is 17.2 Å². The Kier molecular flexibility index (Phi) is 6.31. The first-order valence-corrected chi connectivity index (χ1v) is 12.4. The average Bonchev–Trinajstić information content (AvgIpc) is 2.71. The quantitative estimate of drug-likeness (QED) is 0.514. The van der Waals surface area contributed by atoms with Gasteiger partial charge in [0.25, 0.3) is 0 Å². The van der Waals surface area contributed by atoms with E-state index in [1.165, 1.54) is 5.56 Å². The predicted molar refractivity (Wildman–Crippen MR) is 123 cm³/mol. The van der Waals surface area contributed by atoms with Gasteiger partial charge in [-0.3, -0.25) is 9.21 Å². The SMILES string of the molecule is CCc1ccc(C(c2ccccc2)N2CC(N(c3cc(F)cc(F)c3)S(C)(=O)=O)C2)cc1. The number of rotatable bonds is 7. The summed E-state index contributed by atoms with van der Waals surface area (Å²) in [6, 6.07) is 20.9. The van der Waals surface area contributed by atoms with E-state index in [-0.39, 0.29) is 11.7 Å². The zero-order valence-corrected chi connectivity index (χ0v) is 18.9. The van der Waals surface area contributed by atoms with Crippen molar-refractivity contribution in [1.82, 2.24) is 4.90 Å². The van der Waals surface area contributed by atoms with Crippen LogP contribution in [0.2, 0.25) is 0 Å². The Morgan fingerprint density at radius 3 is 2.03 bits per heavy atom. The second kappa shape index (κ2) is 9.00. The lowest BCUT2D eigenvalue weighted by atomic mass is 9.92. The van der Waals surface area contributed by atoms with Gasteiger partial charge in [-0.1, -0.05) is 61.5 Å². The van der Waals surface area contributed by atoms with Crippen LogP contribution in [-0.2, 0) is 16.4 Å². The van der Waals surface area contributed by atoms with Crippen molar-refractivity contribution in [3.63, 3.8) is 0 Å². The molecule has 0 aliphatic carbocycles. The number of nitrogens with zero attached hydrogens (tertiary/aromatic N) is 2. The first-order chi connectivity index (χ1) is 15.3. The lowest BCUT2D eigenvalue weighted by Gasteiger charge is -2.48. The number of likely N-dealkylation sites (tertiary alicyclic amines) is 1. The molecule has 1 saturated heterocycles. The Bertz CT molecular complexity index is 1160. The van der Waals surface area contributed by atoms with Gasteiger partial charge in [0, 0.05) is 19.2 Å². The van der Waals surface area contributed by atoms with Crippen molar-refractivity contribution in [2.75, 3.05) is 23.7 Å². The zero-order chi connectivity index (χ0) is 22.9. The van der Waals surface area contributed by atoms with Gasteiger partial charge in [-0.2, -0.15) is 0 Å². The van der Waals surface area contributed by atoms with E-state index < -0.39 is 27.7 Å². The molecule has 3 aromatic rings. The van der Waals surface area contributed by atoms with E-state index in [4.69, 9.17) is 0 Å². The molecule has 0 amide bonds. The van der Waals surface area contributed by atoms with Crippen molar-refractivity contribution in [1.29, 1.82) is 0 Å². The normalized spacial score (nSPS) is 15.9. The maximum absolute atomic E-state index is 13.8. The minimum absolute atomic E-state index is 0.0122. The predicted octanol–water partition coefficient (Wildman–Crippen LogP) is 4.77. The fourth-order valence-corrected chi connectivity index (χ4v) is 5.53. The summed E-state index contributed by atoms with van der Waals surface area (Å²) >= 11 is 0. The number of anilines is 1. The highest BCUT2D eigenvalue weighted by Crippen LogP contribution is 2.36. The minimum atomic E-state index is -3.73. The lowest BCUT2D eigenvalue weighted by Crippen LogP contribution is -2.61. The van der Waals surface area contributed by atoms with Crippen molar-refractivity contribution in [3.8, 4) is 0 Å². The van der Waals surface area contributed by atoms with Crippen LogP contribution in [-0.4, -0.2) is 38.7 Å². The highest BCUT2D eigenvalue weighted by molar-refractivity contribution is 7.92. The number of benzene rings is 3. The Morgan fingerprint density at radius 1 is 0.938 bits per heavy atom. The van der Waals surface area contributed by atoms with Crippen LogP contribution in [0.5, 0.6) is 0 Å². The van der Waals surface area contributed by atoms with Gasteiger partial charge >= 0.3 is 0 Å². The van der Waals surface area contributed by atoms with Crippen LogP contribution in [0.25, 0.3) is 0 Å². The zero-order valence-electron chi connectivity index (χ0n) is 18.1. The first kappa shape index (κ1) is 22.4. The molecular weight excluding hydrogens is 430 g/mol. The molecule has 168 valence electrons. The second-order valence-corrected chi connectivity index (χ2v) is 10.1. The molecule has 0 bridgehead atoms. The van der Waals surface area contributed by atoms with E-state index in [1.54, 1.807) is 0 Å². The third-order valence-corrected chi connectivity index (χ3v) is 7.09. The first-order valence-electron chi connectivity index (χ1n) is 10.6. The molecule has 0 radical (unpaired) electrons. The fraction of sp³-hybridized carbons (Fsp3) is 0.280. The molecule has 0 spiro atoms. The third-order valence-electron chi connectivity index (χ3n) is 5.87. The largest absolute Gasteiger partial charge is 0.288 e. The van der Waals surface area contributed by atoms with Crippen molar-refractivity contribution in [2.24, 2.45) is 0 Å². The van der Waals surface area contributed by atoms with Gasteiger partial charge in [0.15, 0.2) is 0 Å². The smallest absolute Gasteiger partial charge is 0.232 e. The van der Waals surface area contributed by atoms with Crippen LogP contribution >= 0.6 is 0 Å². The average molecular weight is 457 g/mol. The maximum atomic E-state index is 13.8. The van der Waals surface area contributed by atoms with E-state index in [9.17, 15) is 17.2 Å². The van der Waals surface area contributed by atoms with Gasteiger partial charge in [0.1, 0.15) is 11.6 Å². The summed E-state index contributed by atoms with van der Waals surface area (Å²) in [4.78, 5) is 2.19. The van der Waals surface area contributed by atoms with Gasteiger partial charge in [-0.25, -0.2) is 17.2 Å². The molecule has 0 aromatic heterocycles. The van der Waals surface area contributed by atoms with Crippen LogP contribution in [0.1, 0.15) is 29.7 Å². The molecule has 7 heteroatoms. The van der Waals surface area contributed by atoms with Crippen LogP contribution in [0.15, 0.2) is 72.8 Å². The molecule has 0 N–H and O–H groups in total. The highest BCUT2D eigenvalue weighted by atomic mass is 32.2. The molecule has 1 unspecified atom stereocenters. The fourth-order valence-electron chi connectivity index (χ4n) is 4.37. The molecule has 4 rings (SSSR count). The van der Waals surface area contributed by atoms with Gasteiger partial charge < -0.3 is 0 Å². The molecule has 32 heavy (non-hydrogen) atoms. The minimum Gasteiger partial charge on any atom is -0.288 e. The van der Waals surface area contributed by atoms with E-state index >= 15 is 0 Å². The van der Waals surface area contributed by atoms with Gasteiger partial charge in [0.05, 0.1) is 24.0 Å². The molecule has 1 heterocycles. The van der Waals surface area contributed by atoms with E-state index in [2.05, 4.69) is 48.2 Å². The molecule has 0 saturated carbocycles. The maximum Gasteiger partial charge on any atom is 0.232 e. The number of halogens is 2. The van der Waals surface area contributed by atoms with Crippen LogP contribution < -0.4 is 4.31 Å². The number of sulfonamides is 1. The number of hydrogen-bond donors (Lipinski definition) is 0. The lowest BCUT2D eigenvalue weighted by molar-refractivity contribution is 0.116. The Morgan fingerprint density at radius 2 is 1.50 bits per heavy atom. The summed E-state index contributed by atoms with van der Waals surface area (Å²) in [6.45, 7) is 3.00. The topological polar surface area (TPSA) is 40.6 Å². The van der Waals surface area contributed by atoms with Crippen molar-refractivity contribution in [3.05, 3.63) is 101 Å². The molecule has 3 aromatic carbocycles. The summed E-state index contributed by atoms with van der Waals surface area (Å²) in [6.07, 6.45) is 2.02. The molecule has 1 aliphatic rings. The van der Waals surface area contributed by atoms with Crippen molar-refractivity contribution in [2.45, 2.75) is 25.4 Å². The summed E-state index contributed by atoms with van der Waals surface area (Å²) in [7, 11) is -3.73. The molecular formula is C25H26F2N2O2S. The summed E-state index contributed by atoms with van der Waals surface area (Å²) in [5, 5.41) is 0. The second-order valence-electron chi connectivity index (χ2n) is 8.20. The van der Waals surface area contributed by atoms with E-state index in [0.29, 0.717) is 13.1 Å². The van der Waals surface area contributed by atoms with Crippen LogP contribution in [0.4, 0.5) is 14.5 Å². The summed E-state index contributed by atoms with van der Waals surface area (Å²) in [5.74, 6) is -1.61.